The van der Waals surface area contributed by atoms with Crippen LogP contribution in [-0.2, 0) is 14.8 Å². The fraction of sp³-hybridized carbons (Fsp3) is 0.409. The summed E-state index contributed by atoms with van der Waals surface area (Å²) in [5, 5.41) is 0.679. The zero-order chi connectivity index (χ0) is 21.9. The van der Waals surface area contributed by atoms with Crippen LogP contribution in [0.5, 0.6) is 0 Å². The van der Waals surface area contributed by atoms with Gasteiger partial charge in [-0.1, -0.05) is 43.6 Å². The zero-order valence-electron chi connectivity index (χ0n) is 17.6. The average molecular weight is 450 g/mol. The van der Waals surface area contributed by atoms with Gasteiger partial charge < -0.3 is 9.80 Å². The van der Waals surface area contributed by atoms with Gasteiger partial charge in [0.15, 0.2) is 0 Å². The molecule has 1 aliphatic rings. The Bertz CT molecular complexity index is 985. The highest BCUT2D eigenvalue weighted by Crippen LogP contribution is 2.23. The van der Waals surface area contributed by atoms with Crippen molar-refractivity contribution in [2.24, 2.45) is 0 Å². The molecule has 0 atom stereocenters. The molecule has 1 fully saturated rings. The van der Waals surface area contributed by atoms with E-state index in [2.05, 4.69) is 18.7 Å². The van der Waals surface area contributed by atoms with Gasteiger partial charge >= 0.3 is 0 Å². The molecule has 0 aromatic heterocycles. The number of nitrogens with zero attached hydrogens (tertiary/aromatic N) is 3. The van der Waals surface area contributed by atoms with Crippen molar-refractivity contribution < 1.29 is 13.2 Å². The van der Waals surface area contributed by atoms with E-state index in [4.69, 9.17) is 11.6 Å². The van der Waals surface area contributed by atoms with Crippen molar-refractivity contribution in [2.75, 3.05) is 48.2 Å². The lowest BCUT2D eigenvalue weighted by Gasteiger charge is -2.37. The van der Waals surface area contributed by atoms with Crippen LogP contribution in [0.15, 0.2) is 48.5 Å². The second kappa shape index (κ2) is 9.27. The molecule has 0 unspecified atom stereocenters. The van der Waals surface area contributed by atoms with Crippen LogP contribution in [0.4, 0.5) is 11.4 Å². The molecule has 6 nitrogen and oxygen atoms in total. The van der Waals surface area contributed by atoms with Crippen molar-refractivity contribution in [3.8, 4) is 0 Å². The molecule has 0 saturated carbocycles. The highest BCUT2D eigenvalue weighted by molar-refractivity contribution is 7.92. The SMILES string of the molecule is CC(C)c1ccc(N(CC(=O)N2CCN(c3cccc(Cl)c3)CC2)S(C)(=O)=O)cc1. The minimum Gasteiger partial charge on any atom is -0.368 e. The van der Waals surface area contributed by atoms with E-state index in [1.165, 1.54) is 4.31 Å². The van der Waals surface area contributed by atoms with Gasteiger partial charge in [-0.3, -0.25) is 9.10 Å². The van der Waals surface area contributed by atoms with E-state index >= 15 is 0 Å². The topological polar surface area (TPSA) is 60.9 Å². The molecule has 0 bridgehead atoms. The first-order valence-electron chi connectivity index (χ1n) is 10.0. The molecule has 1 amide bonds. The summed E-state index contributed by atoms with van der Waals surface area (Å²) in [7, 11) is -3.58. The quantitative estimate of drug-likeness (QED) is 0.676. The standard InChI is InChI=1S/C22H28ClN3O3S/c1-17(2)18-7-9-20(10-8-18)26(30(3,28)29)16-22(27)25-13-11-24(12-14-25)21-6-4-5-19(23)15-21/h4-10,15,17H,11-14,16H2,1-3H3. The molecule has 0 spiro atoms. The lowest BCUT2D eigenvalue weighted by Crippen LogP contribution is -2.52. The van der Waals surface area contributed by atoms with Gasteiger partial charge in [0.05, 0.1) is 11.9 Å². The molecule has 1 saturated heterocycles. The van der Waals surface area contributed by atoms with Crippen LogP contribution in [0.2, 0.25) is 5.02 Å². The molecule has 1 aliphatic heterocycles. The molecular weight excluding hydrogens is 422 g/mol. The van der Waals surface area contributed by atoms with Crippen molar-refractivity contribution >= 4 is 38.9 Å². The molecule has 0 aliphatic carbocycles. The third kappa shape index (κ3) is 5.46. The number of halogens is 1. The van der Waals surface area contributed by atoms with Crippen LogP contribution in [0.3, 0.4) is 0 Å². The number of carbonyl (C=O) groups is 1. The van der Waals surface area contributed by atoms with Crippen molar-refractivity contribution in [3.05, 3.63) is 59.1 Å². The Balaban J connectivity index is 1.67. The summed E-state index contributed by atoms with van der Waals surface area (Å²) in [5.41, 5.74) is 2.65. The van der Waals surface area contributed by atoms with Gasteiger partial charge in [0.1, 0.15) is 6.54 Å². The monoisotopic (exact) mass is 449 g/mol. The summed E-state index contributed by atoms with van der Waals surface area (Å²) in [6, 6.07) is 15.0. The van der Waals surface area contributed by atoms with Crippen LogP contribution in [0, 0.1) is 0 Å². The third-order valence-electron chi connectivity index (χ3n) is 5.33. The summed E-state index contributed by atoms with van der Waals surface area (Å²) in [6.07, 6.45) is 1.13. The molecule has 2 aromatic carbocycles. The van der Waals surface area contributed by atoms with E-state index in [-0.39, 0.29) is 12.5 Å². The van der Waals surface area contributed by atoms with Gasteiger partial charge in [-0.15, -0.1) is 0 Å². The van der Waals surface area contributed by atoms with Crippen LogP contribution >= 0.6 is 11.6 Å². The normalized spacial score (nSPS) is 14.8. The highest BCUT2D eigenvalue weighted by Gasteiger charge is 2.26. The first-order valence-corrected chi connectivity index (χ1v) is 12.2. The molecule has 1 heterocycles. The lowest BCUT2D eigenvalue weighted by molar-refractivity contribution is -0.129. The van der Waals surface area contributed by atoms with Crippen LogP contribution in [-0.4, -0.2) is 58.2 Å². The molecule has 30 heavy (non-hydrogen) atoms. The Hall–Kier alpha value is -2.25. The summed E-state index contributed by atoms with van der Waals surface area (Å²) in [6.45, 7) is 6.38. The lowest BCUT2D eigenvalue weighted by atomic mass is 10.0. The summed E-state index contributed by atoms with van der Waals surface area (Å²) < 4.78 is 25.9. The summed E-state index contributed by atoms with van der Waals surface area (Å²) >= 11 is 6.07. The Morgan fingerprint density at radius 1 is 1.07 bits per heavy atom. The van der Waals surface area contributed by atoms with Crippen LogP contribution < -0.4 is 9.21 Å². The second-order valence-electron chi connectivity index (χ2n) is 7.86. The van der Waals surface area contributed by atoms with Crippen LogP contribution in [0.1, 0.15) is 25.3 Å². The number of benzene rings is 2. The fourth-order valence-electron chi connectivity index (χ4n) is 3.54. The Morgan fingerprint density at radius 2 is 1.70 bits per heavy atom. The maximum absolute atomic E-state index is 12.9. The van der Waals surface area contributed by atoms with E-state index in [9.17, 15) is 13.2 Å². The number of piperazine rings is 1. The Kier molecular flexibility index (Phi) is 6.93. The highest BCUT2D eigenvalue weighted by atomic mass is 35.5. The predicted octanol–water partition coefficient (Wildman–Crippen LogP) is 3.58. The molecule has 0 N–H and O–H groups in total. The average Bonchev–Trinajstić information content (AvgIpc) is 2.71. The largest absolute Gasteiger partial charge is 0.368 e. The smallest absolute Gasteiger partial charge is 0.243 e. The third-order valence-corrected chi connectivity index (χ3v) is 6.71. The number of hydrogen-bond donors (Lipinski definition) is 0. The zero-order valence-corrected chi connectivity index (χ0v) is 19.2. The van der Waals surface area contributed by atoms with Gasteiger partial charge in [0, 0.05) is 36.9 Å². The minimum atomic E-state index is -3.58. The van der Waals surface area contributed by atoms with E-state index in [0.29, 0.717) is 42.8 Å². The van der Waals surface area contributed by atoms with E-state index in [0.717, 1.165) is 17.5 Å². The summed E-state index contributed by atoms with van der Waals surface area (Å²) in [4.78, 5) is 16.8. The molecule has 2 aromatic rings. The number of hydrogen-bond acceptors (Lipinski definition) is 4. The first kappa shape index (κ1) is 22.4. The molecule has 8 heteroatoms. The second-order valence-corrected chi connectivity index (χ2v) is 10.2. The van der Waals surface area contributed by atoms with Gasteiger partial charge in [-0.2, -0.15) is 0 Å². The minimum absolute atomic E-state index is 0.195. The predicted molar refractivity (Wildman–Crippen MR) is 123 cm³/mol. The number of carbonyl (C=O) groups excluding carboxylic acids is 1. The van der Waals surface area contributed by atoms with Crippen molar-refractivity contribution in [2.45, 2.75) is 19.8 Å². The van der Waals surface area contributed by atoms with Crippen molar-refractivity contribution in [3.63, 3.8) is 0 Å². The fourth-order valence-corrected chi connectivity index (χ4v) is 4.57. The van der Waals surface area contributed by atoms with Gasteiger partial charge in [0.2, 0.25) is 15.9 Å². The molecule has 162 valence electrons. The Morgan fingerprint density at radius 3 is 2.23 bits per heavy atom. The van der Waals surface area contributed by atoms with Crippen molar-refractivity contribution in [1.82, 2.24) is 4.90 Å². The van der Waals surface area contributed by atoms with Crippen LogP contribution in [0.25, 0.3) is 0 Å². The van der Waals surface area contributed by atoms with Crippen molar-refractivity contribution in [1.29, 1.82) is 0 Å². The van der Waals surface area contributed by atoms with E-state index < -0.39 is 10.0 Å². The maximum atomic E-state index is 12.9. The van der Waals surface area contributed by atoms with E-state index in [1.807, 2.05) is 36.4 Å². The van der Waals surface area contributed by atoms with Gasteiger partial charge in [-0.05, 0) is 41.8 Å². The maximum Gasteiger partial charge on any atom is 0.243 e. The summed E-state index contributed by atoms with van der Waals surface area (Å²) in [5.74, 6) is 0.155. The Labute approximate surface area is 184 Å². The van der Waals surface area contributed by atoms with Gasteiger partial charge in [0.25, 0.3) is 0 Å². The molecular formula is C22H28ClN3O3S. The first-order chi connectivity index (χ1) is 14.1. The number of amides is 1. The number of anilines is 2. The molecule has 0 radical (unpaired) electrons. The number of rotatable bonds is 6. The van der Waals surface area contributed by atoms with E-state index in [1.54, 1.807) is 17.0 Å². The van der Waals surface area contributed by atoms with Gasteiger partial charge in [-0.25, -0.2) is 8.42 Å². The molecule has 3 rings (SSSR count). The number of sulfonamides is 1.